The van der Waals surface area contributed by atoms with Crippen LogP contribution in [-0.2, 0) is 13.0 Å². The zero-order chi connectivity index (χ0) is 13.5. The first-order chi connectivity index (χ1) is 9.31. The number of hydrogen-bond donors (Lipinski definition) is 2. The van der Waals surface area contributed by atoms with Gasteiger partial charge in [-0.1, -0.05) is 13.8 Å². The topological polar surface area (TPSA) is 63.0 Å². The van der Waals surface area contributed by atoms with Crippen LogP contribution in [-0.4, -0.2) is 16.5 Å². The molecule has 0 saturated carbocycles. The third-order valence-corrected chi connectivity index (χ3v) is 2.71. The molecule has 0 aliphatic rings. The van der Waals surface area contributed by atoms with Gasteiger partial charge in [0.2, 0.25) is 5.89 Å². The Morgan fingerprint density at radius 3 is 2.84 bits per heavy atom. The van der Waals surface area contributed by atoms with Gasteiger partial charge in [-0.25, -0.2) is 9.97 Å². The second kappa shape index (κ2) is 6.78. The van der Waals surface area contributed by atoms with Crippen LogP contribution in [0.5, 0.6) is 0 Å². The van der Waals surface area contributed by atoms with Gasteiger partial charge in [-0.05, 0) is 12.5 Å². The van der Waals surface area contributed by atoms with Gasteiger partial charge in [-0.2, -0.15) is 0 Å². The van der Waals surface area contributed by atoms with E-state index in [4.69, 9.17) is 4.42 Å². The molecule has 0 saturated heterocycles. The highest BCUT2D eigenvalue weighted by Crippen LogP contribution is 2.13. The van der Waals surface area contributed by atoms with Crippen molar-refractivity contribution in [1.29, 1.82) is 0 Å². The molecule has 102 valence electrons. The Bertz CT molecular complexity index is 510. The Hall–Kier alpha value is -2.04. The molecule has 0 bridgehead atoms. The zero-order valence-corrected chi connectivity index (χ0v) is 11.4. The Labute approximate surface area is 113 Å². The van der Waals surface area contributed by atoms with Crippen LogP contribution in [0.1, 0.15) is 31.9 Å². The SMILES string of the molecule is CCCNc1cc(NCc2ncc(CC)o2)ccn1. The fourth-order valence-electron chi connectivity index (χ4n) is 1.66. The highest BCUT2D eigenvalue weighted by molar-refractivity contribution is 5.51. The summed E-state index contributed by atoms with van der Waals surface area (Å²) in [6, 6.07) is 3.92. The van der Waals surface area contributed by atoms with E-state index >= 15 is 0 Å². The molecule has 2 heterocycles. The van der Waals surface area contributed by atoms with E-state index < -0.39 is 0 Å². The summed E-state index contributed by atoms with van der Waals surface area (Å²) in [5.41, 5.74) is 1.00. The lowest BCUT2D eigenvalue weighted by Gasteiger charge is -2.07. The summed E-state index contributed by atoms with van der Waals surface area (Å²) >= 11 is 0. The van der Waals surface area contributed by atoms with E-state index in [0.29, 0.717) is 12.4 Å². The summed E-state index contributed by atoms with van der Waals surface area (Å²) in [4.78, 5) is 8.47. The number of nitrogens with zero attached hydrogens (tertiary/aromatic N) is 2. The molecule has 0 aromatic carbocycles. The van der Waals surface area contributed by atoms with Crippen LogP contribution in [0.15, 0.2) is 28.9 Å². The molecule has 2 aromatic heterocycles. The van der Waals surface area contributed by atoms with Crippen LogP contribution in [0.4, 0.5) is 11.5 Å². The van der Waals surface area contributed by atoms with Crippen LogP contribution in [0.25, 0.3) is 0 Å². The molecule has 0 radical (unpaired) electrons. The summed E-state index contributed by atoms with van der Waals surface area (Å²) in [5.74, 6) is 2.50. The van der Waals surface area contributed by atoms with Gasteiger partial charge in [0, 0.05) is 30.9 Å². The molecule has 2 N–H and O–H groups in total. The maximum atomic E-state index is 5.54. The second-order valence-corrected chi connectivity index (χ2v) is 4.28. The monoisotopic (exact) mass is 260 g/mol. The van der Waals surface area contributed by atoms with Crippen LogP contribution in [0.2, 0.25) is 0 Å². The Morgan fingerprint density at radius 2 is 2.11 bits per heavy atom. The van der Waals surface area contributed by atoms with E-state index in [1.165, 1.54) is 0 Å². The van der Waals surface area contributed by atoms with Crippen molar-refractivity contribution in [3.05, 3.63) is 36.2 Å². The van der Waals surface area contributed by atoms with Gasteiger partial charge < -0.3 is 15.1 Å². The number of aryl methyl sites for hydroxylation is 1. The third kappa shape index (κ3) is 3.98. The first kappa shape index (κ1) is 13.4. The standard InChI is InChI=1S/C14H20N4O/c1-3-6-15-13-8-11(5-7-16-13)17-10-14-18-9-12(4-2)19-14/h5,7-9H,3-4,6,10H2,1-2H3,(H2,15,16,17). The Morgan fingerprint density at radius 1 is 1.21 bits per heavy atom. The molecule has 0 unspecified atom stereocenters. The van der Waals surface area contributed by atoms with Gasteiger partial charge in [-0.3, -0.25) is 0 Å². The van der Waals surface area contributed by atoms with E-state index in [-0.39, 0.29) is 0 Å². The van der Waals surface area contributed by atoms with Crippen molar-refractivity contribution in [2.24, 2.45) is 0 Å². The van der Waals surface area contributed by atoms with Crippen LogP contribution < -0.4 is 10.6 Å². The predicted octanol–water partition coefficient (Wildman–Crippen LogP) is 3.07. The smallest absolute Gasteiger partial charge is 0.213 e. The fourth-order valence-corrected chi connectivity index (χ4v) is 1.66. The number of rotatable bonds is 7. The molecule has 19 heavy (non-hydrogen) atoms. The average molecular weight is 260 g/mol. The van der Waals surface area contributed by atoms with Gasteiger partial charge in [0.25, 0.3) is 0 Å². The molecule has 0 atom stereocenters. The lowest BCUT2D eigenvalue weighted by Crippen LogP contribution is -2.04. The van der Waals surface area contributed by atoms with Gasteiger partial charge in [0.05, 0.1) is 12.7 Å². The maximum Gasteiger partial charge on any atom is 0.213 e. The molecular formula is C14H20N4O. The lowest BCUT2D eigenvalue weighted by atomic mass is 10.3. The molecule has 0 fully saturated rings. The third-order valence-electron chi connectivity index (χ3n) is 2.71. The van der Waals surface area contributed by atoms with E-state index in [2.05, 4.69) is 27.5 Å². The predicted molar refractivity (Wildman–Crippen MR) is 76.2 cm³/mol. The molecular weight excluding hydrogens is 240 g/mol. The molecule has 5 nitrogen and oxygen atoms in total. The van der Waals surface area contributed by atoms with Crippen molar-refractivity contribution in [3.8, 4) is 0 Å². The second-order valence-electron chi connectivity index (χ2n) is 4.28. The van der Waals surface area contributed by atoms with Crippen molar-refractivity contribution in [1.82, 2.24) is 9.97 Å². The minimum absolute atomic E-state index is 0.581. The van der Waals surface area contributed by atoms with Gasteiger partial charge in [0.15, 0.2) is 0 Å². The first-order valence-electron chi connectivity index (χ1n) is 6.69. The fraction of sp³-hybridized carbons (Fsp3) is 0.429. The summed E-state index contributed by atoms with van der Waals surface area (Å²) < 4.78 is 5.54. The Kier molecular flexibility index (Phi) is 4.78. The van der Waals surface area contributed by atoms with Crippen LogP contribution in [0.3, 0.4) is 0 Å². The highest BCUT2D eigenvalue weighted by Gasteiger charge is 2.02. The minimum atomic E-state index is 0.581. The number of anilines is 2. The maximum absolute atomic E-state index is 5.54. The van der Waals surface area contributed by atoms with E-state index in [1.54, 1.807) is 12.4 Å². The number of nitrogens with one attached hydrogen (secondary N) is 2. The summed E-state index contributed by atoms with van der Waals surface area (Å²) in [5, 5.41) is 6.53. The van der Waals surface area contributed by atoms with E-state index in [1.807, 2.05) is 19.1 Å². The van der Waals surface area contributed by atoms with E-state index in [9.17, 15) is 0 Å². The van der Waals surface area contributed by atoms with Crippen molar-refractivity contribution < 1.29 is 4.42 Å². The summed E-state index contributed by atoms with van der Waals surface area (Å²) in [6.07, 6.45) is 5.51. The molecule has 2 rings (SSSR count). The zero-order valence-electron chi connectivity index (χ0n) is 11.4. The molecule has 0 spiro atoms. The quantitative estimate of drug-likeness (QED) is 0.801. The average Bonchev–Trinajstić information content (AvgIpc) is 2.91. The highest BCUT2D eigenvalue weighted by atomic mass is 16.4. The van der Waals surface area contributed by atoms with Crippen molar-refractivity contribution >= 4 is 11.5 Å². The van der Waals surface area contributed by atoms with Crippen molar-refractivity contribution in [3.63, 3.8) is 0 Å². The molecule has 2 aromatic rings. The molecule has 0 aliphatic carbocycles. The van der Waals surface area contributed by atoms with Crippen molar-refractivity contribution in [2.75, 3.05) is 17.2 Å². The molecule has 5 heteroatoms. The number of pyridine rings is 1. The van der Waals surface area contributed by atoms with E-state index in [0.717, 1.165) is 36.7 Å². The van der Waals surface area contributed by atoms with Gasteiger partial charge in [-0.15, -0.1) is 0 Å². The number of oxazole rings is 1. The molecule has 0 amide bonds. The normalized spacial score (nSPS) is 10.4. The van der Waals surface area contributed by atoms with Gasteiger partial charge >= 0.3 is 0 Å². The minimum Gasteiger partial charge on any atom is -0.444 e. The van der Waals surface area contributed by atoms with Crippen LogP contribution in [0, 0.1) is 0 Å². The largest absolute Gasteiger partial charge is 0.444 e. The Balaban J connectivity index is 1.91. The first-order valence-corrected chi connectivity index (χ1v) is 6.69. The summed E-state index contributed by atoms with van der Waals surface area (Å²) in [6.45, 7) is 5.68. The number of hydrogen-bond acceptors (Lipinski definition) is 5. The molecule has 0 aliphatic heterocycles. The van der Waals surface area contributed by atoms with Crippen molar-refractivity contribution in [2.45, 2.75) is 33.2 Å². The number of aromatic nitrogens is 2. The summed E-state index contributed by atoms with van der Waals surface area (Å²) in [7, 11) is 0. The lowest BCUT2D eigenvalue weighted by molar-refractivity contribution is 0.466. The van der Waals surface area contributed by atoms with Crippen LogP contribution >= 0.6 is 0 Å². The van der Waals surface area contributed by atoms with Gasteiger partial charge in [0.1, 0.15) is 11.6 Å².